The minimum Gasteiger partial charge on any atom is -0.357 e. The van der Waals surface area contributed by atoms with Gasteiger partial charge in [0.05, 0.1) is 0 Å². The van der Waals surface area contributed by atoms with Crippen LogP contribution in [0.4, 0.5) is 10.6 Å². The molecule has 1 aromatic heterocycles. The van der Waals surface area contributed by atoms with Crippen molar-refractivity contribution in [1.82, 2.24) is 20.5 Å². The zero-order valence-electron chi connectivity index (χ0n) is 16.4. The van der Waals surface area contributed by atoms with E-state index in [0.717, 1.165) is 50.5 Å². The normalized spacial score (nSPS) is 16.6. The van der Waals surface area contributed by atoms with Crippen LogP contribution in [0.2, 0.25) is 0 Å². The molecule has 2 aliphatic rings. The molecular weight excluding hydrogens is 350 g/mol. The van der Waals surface area contributed by atoms with E-state index in [4.69, 9.17) is 0 Å². The second-order valence-corrected chi connectivity index (χ2v) is 7.62. The Bertz CT molecular complexity index is 803. The highest BCUT2D eigenvalue weighted by Crippen LogP contribution is 2.19. The average Bonchev–Trinajstić information content (AvgIpc) is 3.27. The number of fused-ring (bicyclic) bond motifs is 1. The van der Waals surface area contributed by atoms with E-state index in [9.17, 15) is 4.79 Å². The number of benzene rings is 1. The summed E-state index contributed by atoms with van der Waals surface area (Å²) in [6.07, 6.45) is 5.38. The van der Waals surface area contributed by atoms with Crippen molar-refractivity contribution in [2.24, 2.45) is 0 Å². The summed E-state index contributed by atoms with van der Waals surface area (Å²) in [6, 6.07) is 12.6. The zero-order valence-corrected chi connectivity index (χ0v) is 16.4. The van der Waals surface area contributed by atoms with Crippen molar-refractivity contribution in [3.63, 3.8) is 0 Å². The second-order valence-electron chi connectivity index (χ2n) is 7.62. The number of anilines is 1. The number of hydrogen-bond acceptors (Lipinski definition) is 4. The summed E-state index contributed by atoms with van der Waals surface area (Å²) in [5, 5.41) is 5.93. The van der Waals surface area contributed by atoms with Gasteiger partial charge in [-0.15, -0.1) is 0 Å². The summed E-state index contributed by atoms with van der Waals surface area (Å²) in [6.45, 7) is 6.22. The SMILES string of the molecule is O=C(NCCN1CCc2ccccc2C1)NCc1ccnc(N2CCCC2)c1. The maximum absolute atomic E-state index is 12.1. The van der Waals surface area contributed by atoms with Crippen LogP contribution in [-0.2, 0) is 19.5 Å². The molecule has 1 fully saturated rings. The topological polar surface area (TPSA) is 60.5 Å². The Balaban J connectivity index is 1.18. The first-order chi connectivity index (χ1) is 13.8. The van der Waals surface area contributed by atoms with Crippen LogP contribution in [0.25, 0.3) is 0 Å². The van der Waals surface area contributed by atoms with Crippen LogP contribution in [0, 0.1) is 0 Å². The molecule has 6 heteroatoms. The van der Waals surface area contributed by atoms with Crippen molar-refractivity contribution in [1.29, 1.82) is 0 Å². The van der Waals surface area contributed by atoms with Gasteiger partial charge in [-0.1, -0.05) is 24.3 Å². The van der Waals surface area contributed by atoms with E-state index >= 15 is 0 Å². The molecule has 4 rings (SSSR count). The molecule has 0 unspecified atom stereocenters. The molecule has 1 saturated heterocycles. The number of aromatic nitrogens is 1. The molecule has 2 N–H and O–H groups in total. The van der Waals surface area contributed by atoms with Gasteiger partial charge in [-0.05, 0) is 48.1 Å². The highest BCUT2D eigenvalue weighted by atomic mass is 16.2. The molecule has 28 heavy (non-hydrogen) atoms. The van der Waals surface area contributed by atoms with Crippen molar-refractivity contribution < 1.29 is 4.79 Å². The highest BCUT2D eigenvalue weighted by Gasteiger charge is 2.16. The standard InChI is InChI=1S/C22H29N5O/c28-22(24-10-14-26-13-8-19-5-1-2-6-20(19)17-26)25-16-18-7-9-23-21(15-18)27-11-3-4-12-27/h1-2,5-7,9,15H,3-4,8,10-14,16-17H2,(H2,24,25,28). The van der Waals surface area contributed by atoms with Gasteiger partial charge < -0.3 is 15.5 Å². The first kappa shape index (κ1) is 18.7. The molecule has 0 spiro atoms. The number of nitrogens with zero attached hydrogens (tertiary/aromatic N) is 3. The fourth-order valence-corrected chi connectivity index (χ4v) is 4.01. The van der Waals surface area contributed by atoms with Crippen molar-refractivity contribution >= 4 is 11.8 Å². The minimum atomic E-state index is -0.114. The van der Waals surface area contributed by atoms with E-state index in [1.165, 1.54) is 24.0 Å². The Labute approximate surface area is 166 Å². The zero-order chi connectivity index (χ0) is 19.2. The Hall–Kier alpha value is -2.60. The number of nitrogens with one attached hydrogen (secondary N) is 2. The summed E-state index contributed by atoms with van der Waals surface area (Å²) in [4.78, 5) is 21.3. The van der Waals surface area contributed by atoms with Crippen molar-refractivity contribution in [3.05, 3.63) is 59.3 Å². The van der Waals surface area contributed by atoms with Crippen LogP contribution in [-0.4, -0.2) is 48.6 Å². The van der Waals surface area contributed by atoms with Gasteiger partial charge in [-0.3, -0.25) is 4.90 Å². The highest BCUT2D eigenvalue weighted by molar-refractivity contribution is 5.73. The minimum absolute atomic E-state index is 0.114. The molecule has 3 heterocycles. The molecule has 0 aliphatic carbocycles. The Kier molecular flexibility index (Phi) is 6.07. The lowest BCUT2D eigenvalue weighted by Crippen LogP contribution is -2.41. The summed E-state index contributed by atoms with van der Waals surface area (Å²) in [5.74, 6) is 1.02. The van der Waals surface area contributed by atoms with Crippen LogP contribution in [0.1, 0.15) is 29.5 Å². The van der Waals surface area contributed by atoms with E-state index in [-0.39, 0.29) is 6.03 Å². The van der Waals surface area contributed by atoms with Gasteiger partial charge in [0.2, 0.25) is 0 Å². The molecule has 0 radical (unpaired) electrons. The molecule has 0 atom stereocenters. The molecule has 2 aliphatic heterocycles. The predicted octanol–water partition coefficient (Wildman–Crippen LogP) is 2.54. The van der Waals surface area contributed by atoms with Crippen molar-refractivity contribution in [2.75, 3.05) is 37.6 Å². The molecule has 1 aromatic carbocycles. The molecule has 6 nitrogen and oxygen atoms in total. The van der Waals surface area contributed by atoms with Gasteiger partial charge in [-0.2, -0.15) is 0 Å². The van der Waals surface area contributed by atoms with E-state index in [1.807, 2.05) is 12.3 Å². The monoisotopic (exact) mass is 379 g/mol. The van der Waals surface area contributed by atoms with Crippen molar-refractivity contribution in [3.8, 4) is 0 Å². The summed E-state index contributed by atoms with van der Waals surface area (Å²) < 4.78 is 0. The fraction of sp³-hybridized carbons (Fsp3) is 0.455. The third kappa shape index (κ3) is 4.81. The van der Waals surface area contributed by atoms with Crippen molar-refractivity contribution in [2.45, 2.75) is 32.4 Å². The molecule has 0 saturated carbocycles. The molecule has 0 bridgehead atoms. The summed E-state index contributed by atoms with van der Waals surface area (Å²) in [7, 11) is 0. The largest absolute Gasteiger partial charge is 0.357 e. The lowest BCUT2D eigenvalue weighted by molar-refractivity contribution is 0.230. The fourth-order valence-electron chi connectivity index (χ4n) is 4.01. The molecular formula is C22H29N5O. The maximum atomic E-state index is 12.1. The van der Waals surface area contributed by atoms with Crippen LogP contribution in [0.15, 0.2) is 42.6 Å². The van der Waals surface area contributed by atoms with Gasteiger partial charge in [0, 0.05) is 52.0 Å². The number of amides is 2. The first-order valence-corrected chi connectivity index (χ1v) is 10.3. The Morgan fingerprint density at radius 3 is 2.71 bits per heavy atom. The van der Waals surface area contributed by atoms with Crippen LogP contribution in [0.5, 0.6) is 0 Å². The Morgan fingerprint density at radius 1 is 1.04 bits per heavy atom. The van der Waals surface area contributed by atoms with Gasteiger partial charge >= 0.3 is 6.03 Å². The number of rotatable bonds is 6. The number of hydrogen-bond donors (Lipinski definition) is 2. The van der Waals surface area contributed by atoms with E-state index in [0.29, 0.717) is 13.1 Å². The number of pyridine rings is 1. The van der Waals surface area contributed by atoms with Gasteiger partial charge in [0.15, 0.2) is 0 Å². The second kappa shape index (κ2) is 9.06. The third-order valence-electron chi connectivity index (χ3n) is 5.62. The molecule has 2 aromatic rings. The third-order valence-corrected chi connectivity index (χ3v) is 5.62. The number of carbonyl (C=O) groups excluding carboxylic acids is 1. The molecule has 2 amide bonds. The number of carbonyl (C=O) groups is 1. The Morgan fingerprint density at radius 2 is 1.86 bits per heavy atom. The quantitative estimate of drug-likeness (QED) is 0.810. The molecule has 148 valence electrons. The van der Waals surface area contributed by atoms with Gasteiger partial charge in [0.25, 0.3) is 0 Å². The first-order valence-electron chi connectivity index (χ1n) is 10.3. The maximum Gasteiger partial charge on any atom is 0.315 e. The van der Waals surface area contributed by atoms with E-state index < -0.39 is 0 Å². The van der Waals surface area contributed by atoms with Crippen LogP contribution in [0.3, 0.4) is 0 Å². The van der Waals surface area contributed by atoms with Gasteiger partial charge in [0.1, 0.15) is 5.82 Å². The van der Waals surface area contributed by atoms with E-state index in [1.54, 1.807) is 0 Å². The van der Waals surface area contributed by atoms with Gasteiger partial charge in [-0.25, -0.2) is 9.78 Å². The summed E-state index contributed by atoms with van der Waals surface area (Å²) in [5.41, 5.74) is 3.94. The van der Waals surface area contributed by atoms with Crippen LogP contribution < -0.4 is 15.5 Å². The number of urea groups is 1. The van der Waals surface area contributed by atoms with Crippen LogP contribution >= 0.6 is 0 Å². The predicted molar refractivity (Wildman–Crippen MR) is 111 cm³/mol. The lowest BCUT2D eigenvalue weighted by Gasteiger charge is -2.28. The van der Waals surface area contributed by atoms with E-state index in [2.05, 4.69) is 55.7 Å². The lowest BCUT2D eigenvalue weighted by atomic mass is 10.00. The smallest absolute Gasteiger partial charge is 0.315 e. The average molecular weight is 380 g/mol. The summed E-state index contributed by atoms with van der Waals surface area (Å²) >= 11 is 0.